The molecule has 0 atom stereocenters. The molecule has 106 valence electrons. The SMILES string of the molecule is CN(CC(=O)OCC#N)C(=O)OCc1ccc(N)cc1. The number of amides is 1. The van der Waals surface area contributed by atoms with Crippen molar-refractivity contribution in [1.29, 1.82) is 5.26 Å². The molecule has 0 aliphatic rings. The summed E-state index contributed by atoms with van der Waals surface area (Å²) in [7, 11) is 1.40. The first-order chi connectivity index (χ1) is 9.52. The van der Waals surface area contributed by atoms with Gasteiger partial charge in [0.1, 0.15) is 19.2 Å². The van der Waals surface area contributed by atoms with Crippen LogP contribution in [0.5, 0.6) is 0 Å². The first-order valence-corrected chi connectivity index (χ1v) is 5.78. The van der Waals surface area contributed by atoms with Crippen LogP contribution < -0.4 is 5.73 Å². The minimum Gasteiger partial charge on any atom is -0.449 e. The van der Waals surface area contributed by atoms with Crippen molar-refractivity contribution in [2.75, 3.05) is 25.9 Å². The van der Waals surface area contributed by atoms with Crippen molar-refractivity contribution in [2.24, 2.45) is 0 Å². The number of nitrogen functional groups attached to an aromatic ring is 1. The summed E-state index contributed by atoms with van der Waals surface area (Å²) in [5, 5.41) is 8.25. The number of carbonyl (C=O) groups is 2. The van der Waals surface area contributed by atoms with Gasteiger partial charge in [0.25, 0.3) is 0 Å². The molecule has 0 bridgehead atoms. The van der Waals surface area contributed by atoms with Crippen LogP contribution in [0.25, 0.3) is 0 Å². The van der Waals surface area contributed by atoms with E-state index in [-0.39, 0.29) is 19.8 Å². The maximum Gasteiger partial charge on any atom is 0.410 e. The van der Waals surface area contributed by atoms with Crippen molar-refractivity contribution in [2.45, 2.75) is 6.61 Å². The Balaban J connectivity index is 2.36. The highest BCUT2D eigenvalue weighted by atomic mass is 16.6. The number of benzene rings is 1. The molecular weight excluding hydrogens is 262 g/mol. The molecule has 0 spiro atoms. The van der Waals surface area contributed by atoms with E-state index in [0.717, 1.165) is 10.5 Å². The van der Waals surface area contributed by atoms with Crippen molar-refractivity contribution in [3.63, 3.8) is 0 Å². The van der Waals surface area contributed by atoms with Crippen molar-refractivity contribution >= 4 is 17.7 Å². The van der Waals surface area contributed by atoms with E-state index in [1.54, 1.807) is 30.3 Å². The van der Waals surface area contributed by atoms with Crippen molar-refractivity contribution in [1.82, 2.24) is 4.90 Å². The first kappa shape index (κ1) is 15.3. The molecule has 0 saturated carbocycles. The fraction of sp³-hybridized carbons (Fsp3) is 0.308. The summed E-state index contributed by atoms with van der Waals surface area (Å²) in [4.78, 5) is 23.9. The van der Waals surface area contributed by atoms with E-state index in [0.29, 0.717) is 5.69 Å². The average molecular weight is 277 g/mol. The zero-order chi connectivity index (χ0) is 15.0. The van der Waals surface area contributed by atoms with E-state index in [1.807, 2.05) is 0 Å². The number of nitrogens with two attached hydrogens (primary N) is 1. The molecule has 0 saturated heterocycles. The van der Waals surface area contributed by atoms with Crippen molar-refractivity contribution in [3.8, 4) is 6.07 Å². The predicted molar refractivity (Wildman–Crippen MR) is 70.2 cm³/mol. The van der Waals surface area contributed by atoms with Gasteiger partial charge in [-0.25, -0.2) is 4.79 Å². The lowest BCUT2D eigenvalue weighted by molar-refractivity contribution is -0.142. The number of carbonyl (C=O) groups excluding carboxylic acids is 2. The Kier molecular flexibility index (Phi) is 5.84. The number of rotatable bonds is 5. The van der Waals surface area contributed by atoms with Gasteiger partial charge in [-0.05, 0) is 17.7 Å². The molecule has 7 nitrogen and oxygen atoms in total. The van der Waals surface area contributed by atoms with Gasteiger partial charge in [-0.15, -0.1) is 0 Å². The average Bonchev–Trinajstić information content (AvgIpc) is 2.44. The maximum absolute atomic E-state index is 11.6. The van der Waals surface area contributed by atoms with Crippen molar-refractivity contribution in [3.05, 3.63) is 29.8 Å². The third-order valence-electron chi connectivity index (χ3n) is 2.32. The minimum absolute atomic E-state index is 0.0801. The second kappa shape index (κ2) is 7.63. The maximum atomic E-state index is 11.6. The van der Waals surface area contributed by atoms with E-state index >= 15 is 0 Å². The van der Waals surface area contributed by atoms with Gasteiger partial charge in [-0.1, -0.05) is 12.1 Å². The highest BCUT2D eigenvalue weighted by Crippen LogP contribution is 2.07. The van der Waals surface area contributed by atoms with Crippen LogP contribution in [0.15, 0.2) is 24.3 Å². The third-order valence-corrected chi connectivity index (χ3v) is 2.32. The molecule has 0 aliphatic heterocycles. The molecule has 1 amide bonds. The number of esters is 1. The van der Waals surface area contributed by atoms with E-state index < -0.39 is 12.1 Å². The number of hydrogen-bond acceptors (Lipinski definition) is 6. The molecule has 1 aromatic rings. The van der Waals surface area contributed by atoms with Crippen LogP contribution in [0, 0.1) is 11.3 Å². The van der Waals surface area contributed by atoms with Gasteiger partial charge >= 0.3 is 12.1 Å². The number of anilines is 1. The van der Waals surface area contributed by atoms with Crippen LogP contribution in [-0.4, -0.2) is 37.2 Å². The Morgan fingerprint density at radius 2 is 1.95 bits per heavy atom. The van der Waals surface area contributed by atoms with E-state index in [9.17, 15) is 9.59 Å². The van der Waals surface area contributed by atoms with E-state index in [4.69, 9.17) is 15.7 Å². The van der Waals surface area contributed by atoms with Crippen LogP contribution in [0.3, 0.4) is 0 Å². The van der Waals surface area contributed by atoms with E-state index in [1.165, 1.54) is 7.05 Å². The molecule has 0 aromatic heterocycles. The number of hydrogen-bond donors (Lipinski definition) is 1. The third kappa shape index (κ3) is 5.27. The minimum atomic E-state index is -0.668. The van der Waals surface area contributed by atoms with Crippen LogP contribution in [-0.2, 0) is 20.9 Å². The number of nitrogens with zero attached hydrogens (tertiary/aromatic N) is 2. The summed E-state index contributed by atoms with van der Waals surface area (Å²) in [5.74, 6) is -0.668. The zero-order valence-corrected chi connectivity index (χ0v) is 11.0. The molecule has 1 rings (SSSR count). The summed E-state index contributed by atoms with van der Waals surface area (Å²) < 4.78 is 9.53. The summed E-state index contributed by atoms with van der Waals surface area (Å²) in [5.41, 5.74) is 6.94. The fourth-order valence-corrected chi connectivity index (χ4v) is 1.29. The van der Waals surface area contributed by atoms with Crippen LogP contribution in [0.1, 0.15) is 5.56 Å². The quantitative estimate of drug-likeness (QED) is 0.633. The lowest BCUT2D eigenvalue weighted by atomic mass is 10.2. The molecule has 0 radical (unpaired) electrons. The first-order valence-electron chi connectivity index (χ1n) is 5.78. The van der Waals surface area contributed by atoms with Gasteiger partial charge < -0.3 is 20.1 Å². The molecule has 20 heavy (non-hydrogen) atoms. The monoisotopic (exact) mass is 277 g/mol. The summed E-state index contributed by atoms with van der Waals surface area (Å²) in [6.07, 6.45) is -0.657. The molecule has 0 aliphatic carbocycles. The topological polar surface area (TPSA) is 106 Å². The number of likely N-dealkylation sites (N-methyl/N-ethyl adjacent to an activating group) is 1. The Morgan fingerprint density at radius 1 is 1.30 bits per heavy atom. The van der Waals surface area contributed by atoms with Crippen molar-refractivity contribution < 1.29 is 19.1 Å². The van der Waals surface area contributed by atoms with Crippen LogP contribution in [0.2, 0.25) is 0 Å². The van der Waals surface area contributed by atoms with Gasteiger partial charge in [0, 0.05) is 12.7 Å². The smallest absolute Gasteiger partial charge is 0.410 e. The summed E-state index contributed by atoms with van der Waals surface area (Å²) in [6.45, 7) is -0.536. The zero-order valence-electron chi connectivity index (χ0n) is 11.0. The Morgan fingerprint density at radius 3 is 2.55 bits per heavy atom. The molecule has 1 aromatic carbocycles. The second-order valence-corrected chi connectivity index (χ2v) is 3.97. The molecule has 2 N–H and O–H groups in total. The Hall–Kier alpha value is -2.75. The largest absolute Gasteiger partial charge is 0.449 e. The van der Waals surface area contributed by atoms with Gasteiger partial charge in [-0.3, -0.25) is 4.79 Å². The standard InChI is InChI=1S/C13H15N3O4/c1-16(8-12(17)19-7-6-14)13(18)20-9-10-2-4-11(15)5-3-10/h2-5H,7-9,15H2,1H3. The molecule has 0 unspecified atom stereocenters. The Bertz CT molecular complexity index is 507. The lowest BCUT2D eigenvalue weighted by Gasteiger charge is -2.15. The van der Waals surface area contributed by atoms with Crippen LogP contribution in [0.4, 0.5) is 10.5 Å². The highest BCUT2D eigenvalue weighted by molar-refractivity contribution is 5.77. The molecule has 0 fully saturated rings. The number of ether oxygens (including phenoxy) is 2. The highest BCUT2D eigenvalue weighted by Gasteiger charge is 2.15. The second-order valence-electron chi connectivity index (χ2n) is 3.97. The van der Waals surface area contributed by atoms with E-state index in [2.05, 4.69) is 4.74 Å². The Labute approximate surface area is 116 Å². The summed E-state index contributed by atoms with van der Waals surface area (Å²) >= 11 is 0. The normalized spacial score (nSPS) is 9.40. The van der Waals surface area contributed by atoms with Gasteiger partial charge in [0.05, 0.1) is 0 Å². The molecular formula is C13H15N3O4. The van der Waals surface area contributed by atoms with Gasteiger partial charge in [0.2, 0.25) is 0 Å². The van der Waals surface area contributed by atoms with Gasteiger partial charge in [0.15, 0.2) is 6.61 Å². The summed E-state index contributed by atoms with van der Waals surface area (Å²) in [6, 6.07) is 8.55. The fourth-order valence-electron chi connectivity index (χ4n) is 1.29. The predicted octanol–water partition coefficient (Wildman–Crippen LogP) is 0.904. The lowest BCUT2D eigenvalue weighted by Crippen LogP contribution is -2.33. The number of nitriles is 1. The van der Waals surface area contributed by atoms with Gasteiger partial charge in [-0.2, -0.15) is 5.26 Å². The molecule has 0 heterocycles. The van der Waals surface area contributed by atoms with Crippen LogP contribution >= 0.6 is 0 Å². The molecule has 7 heteroatoms.